The molecular formula is C17H18N2S. The number of hydrogen-bond acceptors (Lipinski definition) is 3. The van der Waals surface area contributed by atoms with Gasteiger partial charge in [0.15, 0.2) is 0 Å². The summed E-state index contributed by atoms with van der Waals surface area (Å²) in [6, 6.07) is 11.1. The molecular weight excluding hydrogens is 264 g/mol. The highest BCUT2D eigenvalue weighted by atomic mass is 32.1. The van der Waals surface area contributed by atoms with Crippen molar-refractivity contribution in [3.05, 3.63) is 64.8 Å². The van der Waals surface area contributed by atoms with Crippen molar-refractivity contribution in [2.45, 2.75) is 19.4 Å². The number of aryl methyl sites for hydroxylation is 1. The number of pyridine rings is 1. The average molecular weight is 282 g/mol. The Kier molecular flexibility index (Phi) is 3.81. The zero-order valence-electron chi connectivity index (χ0n) is 11.8. The molecule has 0 aliphatic carbocycles. The molecule has 1 aromatic carbocycles. The van der Waals surface area contributed by atoms with Crippen LogP contribution in [0.25, 0.3) is 10.1 Å². The number of benzene rings is 1. The van der Waals surface area contributed by atoms with Crippen molar-refractivity contribution < 1.29 is 0 Å². The molecule has 0 spiro atoms. The van der Waals surface area contributed by atoms with Crippen LogP contribution in [0.4, 0.5) is 0 Å². The van der Waals surface area contributed by atoms with E-state index in [0.29, 0.717) is 0 Å². The topological polar surface area (TPSA) is 24.9 Å². The molecule has 0 aliphatic rings. The van der Waals surface area contributed by atoms with Gasteiger partial charge in [0.1, 0.15) is 0 Å². The molecule has 20 heavy (non-hydrogen) atoms. The molecule has 0 aliphatic heterocycles. The maximum absolute atomic E-state index is 4.25. The highest BCUT2D eigenvalue weighted by Gasteiger charge is 2.17. The van der Waals surface area contributed by atoms with E-state index in [-0.39, 0.29) is 6.04 Å². The van der Waals surface area contributed by atoms with Crippen LogP contribution < -0.4 is 5.32 Å². The van der Waals surface area contributed by atoms with Crippen molar-refractivity contribution in [3.63, 3.8) is 0 Å². The third-order valence-corrected chi connectivity index (χ3v) is 4.72. The summed E-state index contributed by atoms with van der Waals surface area (Å²) in [7, 11) is 2.02. The van der Waals surface area contributed by atoms with Gasteiger partial charge in [0.2, 0.25) is 0 Å². The normalized spacial score (nSPS) is 12.7. The van der Waals surface area contributed by atoms with Crippen molar-refractivity contribution in [3.8, 4) is 0 Å². The van der Waals surface area contributed by atoms with E-state index in [1.165, 1.54) is 26.8 Å². The van der Waals surface area contributed by atoms with Crippen LogP contribution >= 0.6 is 11.3 Å². The van der Waals surface area contributed by atoms with Crippen molar-refractivity contribution >= 4 is 21.4 Å². The van der Waals surface area contributed by atoms with Gasteiger partial charge in [0, 0.05) is 17.1 Å². The molecule has 0 amide bonds. The first-order chi connectivity index (χ1) is 9.85. The van der Waals surface area contributed by atoms with Crippen molar-refractivity contribution in [2.24, 2.45) is 0 Å². The summed E-state index contributed by atoms with van der Waals surface area (Å²) >= 11 is 1.81. The van der Waals surface area contributed by atoms with Gasteiger partial charge < -0.3 is 5.32 Å². The van der Waals surface area contributed by atoms with Gasteiger partial charge in [0.25, 0.3) is 0 Å². The molecule has 1 N–H and O–H groups in total. The Bertz CT molecular complexity index is 718. The summed E-state index contributed by atoms with van der Waals surface area (Å²) in [4.78, 5) is 4.25. The van der Waals surface area contributed by atoms with E-state index in [1.54, 1.807) is 0 Å². The maximum atomic E-state index is 4.25. The number of nitrogens with zero attached hydrogens (tertiary/aromatic N) is 1. The maximum Gasteiger partial charge on any atom is 0.0592 e. The van der Waals surface area contributed by atoms with Gasteiger partial charge >= 0.3 is 0 Å². The Morgan fingerprint density at radius 2 is 2.10 bits per heavy atom. The van der Waals surface area contributed by atoms with Gasteiger partial charge in [-0.3, -0.25) is 4.98 Å². The zero-order chi connectivity index (χ0) is 13.9. The van der Waals surface area contributed by atoms with E-state index < -0.39 is 0 Å². The lowest BCUT2D eigenvalue weighted by Crippen LogP contribution is -2.19. The molecule has 0 fully saturated rings. The first-order valence-corrected chi connectivity index (χ1v) is 7.79. The zero-order valence-corrected chi connectivity index (χ0v) is 12.6. The molecule has 3 heteroatoms. The van der Waals surface area contributed by atoms with Crippen LogP contribution in [0.5, 0.6) is 0 Å². The second kappa shape index (κ2) is 5.73. The largest absolute Gasteiger partial charge is 0.309 e. The first-order valence-electron chi connectivity index (χ1n) is 6.91. The molecule has 0 bridgehead atoms. The van der Waals surface area contributed by atoms with Crippen molar-refractivity contribution in [2.75, 3.05) is 7.05 Å². The molecule has 3 aromatic rings. The van der Waals surface area contributed by atoms with Crippen LogP contribution in [0.15, 0.2) is 48.1 Å². The standard InChI is InChI=1S/C17H18N2S/c1-3-12-11-19-9-7-14(12)16(18-2)15-6-4-5-13-8-10-20-17(13)15/h4-11,16,18H,3H2,1-2H3. The highest BCUT2D eigenvalue weighted by molar-refractivity contribution is 7.17. The number of hydrogen-bond donors (Lipinski definition) is 1. The SMILES string of the molecule is CCc1cnccc1C(NC)c1cccc2ccsc12. The van der Waals surface area contributed by atoms with Gasteiger partial charge in [-0.25, -0.2) is 0 Å². The fraction of sp³-hybridized carbons (Fsp3) is 0.235. The number of thiophene rings is 1. The Hall–Kier alpha value is -1.71. The van der Waals surface area contributed by atoms with Gasteiger partial charge in [-0.15, -0.1) is 11.3 Å². The van der Waals surface area contributed by atoms with E-state index in [1.807, 2.05) is 30.8 Å². The van der Waals surface area contributed by atoms with Crippen LogP contribution in [0.2, 0.25) is 0 Å². The van der Waals surface area contributed by atoms with Gasteiger partial charge in [-0.2, -0.15) is 0 Å². The van der Waals surface area contributed by atoms with E-state index in [9.17, 15) is 0 Å². The second-order valence-electron chi connectivity index (χ2n) is 4.84. The third kappa shape index (κ3) is 2.23. The molecule has 0 saturated heterocycles. The molecule has 1 unspecified atom stereocenters. The number of nitrogens with one attached hydrogen (secondary N) is 1. The van der Waals surface area contributed by atoms with Crippen LogP contribution in [0.3, 0.4) is 0 Å². The van der Waals surface area contributed by atoms with E-state index in [2.05, 4.69) is 52.9 Å². The summed E-state index contributed by atoms with van der Waals surface area (Å²) in [5, 5.41) is 6.95. The fourth-order valence-corrected chi connectivity index (χ4v) is 3.68. The minimum atomic E-state index is 0.218. The Morgan fingerprint density at radius 1 is 1.20 bits per heavy atom. The molecule has 102 valence electrons. The monoisotopic (exact) mass is 282 g/mol. The molecule has 3 rings (SSSR count). The first kappa shape index (κ1) is 13.3. The summed E-state index contributed by atoms with van der Waals surface area (Å²) in [6.45, 7) is 2.18. The lowest BCUT2D eigenvalue weighted by molar-refractivity contribution is 0.688. The highest BCUT2D eigenvalue weighted by Crippen LogP contribution is 2.33. The van der Waals surface area contributed by atoms with Crippen molar-refractivity contribution in [1.29, 1.82) is 0 Å². The third-order valence-electron chi connectivity index (χ3n) is 3.74. The van der Waals surface area contributed by atoms with Crippen LogP contribution in [0.1, 0.15) is 29.7 Å². The Labute approximate surface area is 123 Å². The summed E-state index contributed by atoms with van der Waals surface area (Å²) in [5.74, 6) is 0. The molecule has 2 heterocycles. The van der Waals surface area contributed by atoms with Crippen molar-refractivity contribution in [1.82, 2.24) is 10.3 Å². The predicted molar refractivity (Wildman–Crippen MR) is 86.3 cm³/mol. The lowest BCUT2D eigenvalue weighted by Gasteiger charge is -2.20. The van der Waals surface area contributed by atoms with E-state index in [0.717, 1.165) is 6.42 Å². The van der Waals surface area contributed by atoms with Crippen LogP contribution in [-0.4, -0.2) is 12.0 Å². The molecule has 0 saturated carbocycles. The second-order valence-corrected chi connectivity index (χ2v) is 5.75. The average Bonchev–Trinajstić information content (AvgIpc) is 2.98. The Balaban J connectivity index is 2.16. The number of fused-ring (bicyclic) bond motifs is 1. The molecule has 0 radical (unpaired) electrons. The molecule has 2 aromatic heterocycles. The van der Waals surface area contributed by atoms with Gasteiger partial charge in [0.05, 0.1) is 6.04 Å². The van der Waals surface area contributed by atoms with E-state index >= 15 is 0 Å². The number of rotatable bonds is 4. The summed E-state index contributed by atoms with van der Waals surface area (Å²) in [5.41, 5.74) is 3.98. The molecule has 1 atom stereocenters. The van der Waals surface area contributed by atoms with E-state index in [4.69, 9.17) is 0 Å². The smallest absolute Gasteiger partial charge is 0.0592 e. The Morgan fingerprint density at radius 3 is 2.90 bits per heavy atom. The minimum Gasteiger partial charge on any atom is -0.309 e. The summed E-state index contributed by atoms with van der Waals surface area (Å²) in [6.07, 6.45) is 4.86. The minimum absolute atomic E-state index is 0.218. The van der Waals surface area contributed by atoms with Gasteiger partial charge in [-0.1, -0.05) is 25.1 Å². The fourth-order valence-electron chi connectivity index (χ4n) is 2.74. The molecule has 2 nitrogen and oxygen atoms in total. The quantitative estimate of drug-likeness (QED) is 0.777. The number of aromatic nitrogens is 1. The van der Waals surface area contributed by atoms with Crippen LogP contribution in [0, 0.1) is 0 Å². The predicted octanol–water partition coefficient (Wildman–Crippen LogP) is 4.17. The van der Waals surface area contributed by atoms with Crippen LogP contribution in [-0.2, 0) is 6.42 Å². The lowest BCUT2D eigenvalue weighted by atomic mass is 9.94. The van der Waals surface area contributed by atoms with Gasteiger partial charge in [-0.05, 0) is 53.1 Å². The summed E-state index contributed by atoms with van der Waals surface area (Å²) < 4.78 is 1.37.